The molecule has 0 aromatic rings. The lowest BCUT2D eigenvalue weighted by molar-refractivity contribution is -0.161. The fourth-order valence-corrected chi connectivity index (χ4v) is 5.89. The average molecular weight is 741 g/mol. The van der Waals surface area contributed by atoms with E-state index >= 15 is 0 Å². The minimum absolute atomic E-state index is 0.173. The summed E-state index contributed by atoms with van der Waals surface area (Å²) in [6.07, 6.45) is 38.4. The van der Waals surface area contributed by atoms with Gasteiger partial charge in [-0.3, -0.25) is 18.9 Å². The zero-order valence-electron chi connectivity index (χ0n) is 32.2. The molecule has 0 radical (unpaired) electrons. The summed E-state index contributed by atoms with van der Waals surface area (Å²) >= 11 is 0. The average Bonchev–Trinajstić information content (AvgIpc) is 3.09. The molecule has 0 rings (SSSR count). The van der Waals surface area contributed by atoms with E-state index in [9.17, 15) is 18.9 Å². The highest BCUT2D eigenvalue weighted by molar-refractivity contribution is 7.46. The van der Waals surface area contributed by atoms with Gasteiger partial charge in [0, 0.05) is 19.3 Å². The summed E-state index contributed by atoms with van der Waals surface area (Å²) in [4.78, 5) is 54.5. The first-order valence-electron chi connectivity index (χ1n) is 20.2. The Labute approximate surface area is 310 Å². The standard InChI is InChI=1S/C41H73O9P/c1-3-5-7-8-9-10-11-12-13-14-15-16-17-20-24-27-31-35-41(44)50-39(37-49-51(45,46)47)36-48-40(43)34-30-26-23-21-18-19-22-25-29-33-38(42)32-28-6-4-2/h12-13,22,25,29,33,39H,3-11,14-21,23-24,26-28,30-32,34-37H2,1-2H3,(H2,45,46,47)/b13-12-,25-22-,33-29+/t39-/m1/s1. The lowest BCUT2D eigenvalue weighted by Gasteiger charge is -2.18. The number of phosphoric acid groups is 1. The monoisotopic (exact) mass is 740 g/mol. The van der Waals surface area contributed by atoms with Gasteiger partial charge in [0.15, 0.2) is 11.9 Å². The number of carbonyl (C=O) groups excluding carboxylic acids is 3. The van der Waals surface area contributed by atoms with Crippen molar-refractivity contribution in [1.82, 2.24) is 0 Å². The van der Waals surface area contributed by atoms with Gasteiger partial charge in [-0.05, 0) is 63.9 Å². The molecule has 0 aliphatic carbocycles. The molecule has 0 aliphatic heterocycles. The van der Waals surface area contributed by atoms with Crippen LogP contribution in [0.25, 0.3) is 0 Å². The summed E-state index contributed by atoms with van der Waals surface area (Å²) in [5, 5.41) is 0. The van der Waals surface area contributed by atoms with Crippen molar-refractivity contribution in [1.29, 1.82) is 0 Å². The maximum Gasteiger partial charge on any atom is 0.469 e. The van der Waals surface area contributed by atoms with Gasteiger partial charge in [-0.25, -0.2) is 4.57 Å². The van der Waals surface area contributed by atoms with Gasteiger partial charge in [-0.1, -0.05) is 141 Å². The van der Waals surface area contributed by atoms with E-state index in [1.165, 1.54) is 64.2 Å². The molecule has 2 N–H and O–H groups in total. The Morgan fingerprint density at radius 1 is 0.549 bits per heavy atom. The van der Waals surface area contributed by atoms with E-state index in [0.717, 1.165) is 77.0 Å². The van der Waals surface area contributed by atoms with Crippen LogP contribution in [-0.4, -0.2) is 46.8 Å². The highest BCUT2D eigenvalue weighted by Crippen LogP contribution is 2.36. The van der Waals surface area contributed by atoms with Crippen LogP contribution < -0.4 is 0 Å². The summed E-state index contributed by atoms with van der Waals surface area (Å²) in [6, 6.07) is 0. The highest BCUT2D eigenvalue weighted by Gasteiger charge is 2.22. The number of ketones is 1. The molecule has 0 unspecified atom stereocenters. The number of rotatable bonds is 37. The predicted molar refractivity (Wildman–Crippen MR) is 207 cm³/mol. The number of hydrogen-bond acceptors (Lipinski definition) is 7. The van der Waals surface area contributed by atoms with Crippen molar-refractivity contribution in [2.75, 3.05) is 13.2 Å². The summed E-state index contributed by atoms with van der Waals surface area (Å²) in [5.74, 6) is -0.776. The molecule has 0 fully saturated rings. The molecule has 9 nitrogen and oxygen atoms in total. The van der Waals surface area contributed by atoms with Crippen molar-refractivity contribution in [3.63, 3.8) is 0 Å². The van der Waals surface area contributed by atoms with Crippen LogP contribution in [0, 0.1) is 0 Å². The molecule has 0 heterocycles. The Kier molecular flexibility index (Phi) is 34.8. The Morgan fingerprint density at radius 2 is 1.00 bits per heavy atom. The highest BCUT2D eigenvalue weighted by atomic mass is 31.2. The first-order valence-corrected chi connectivity index (χ1v) is 21.8. The first kappa shape index (κ1) is 48.9. The summed E-state index contributed by atoms with van der Waals surface area (Å²) < 4.78 is 26.3. The van der Waals surface area contributed by atoms with Crippen molar-refractivity contribution in [2.24, 2.45) is 0 Å². The SMILES string of the molecule is CCCCCCCC/C=C\CCCCCCCCCC(=O)O[C@H](COC(=O)CCCCCCC/C=C\C=C\C(=O)CCCCC)COP(=O)(O)O. The smallest absolute Gasteiger partial charge is 0.462 e. The normalized spacial score (nSPS) is 12.7. The minimum Gasteiger partial charge on any atom is -0.462 e. The van der Waals surface area contributed by atoms with E-state index in [0.29, 0.717) is 19.3 Å². The summed E-state index contributed by atoms with van der Waals surface area (Å²) in [7, 11) is -4.77. The molecular weight excluding hydrogens is 667 g/mol. The Hall–Kier alpha value is -2.06. The molecule has 0 aromatic heterocycles. The number of esters is 2. The lowest BCUT2D eigenvalue weighted by Crippen LogP contribution is -2.29. The van der Waals surface area contributed by atoms with E-state index in [-0.39, 0.29) is 25.2 Å². The maximum atomic E-state index is 12.4. The van der Waals surface area contributed by atoms with Crippen LogP contribution in [0.2, 0.25) is 0 Å². The van der Waals surface area contributed by atoms with Crippen molar-refractivity contribution in [2.45, 2.75) is 193 Å². The summed E-state index contributed by atoms with van der Waals surface area (Å²) in [6.45, 7) is 3.49. The number of carbonyl (C=O) groups is 3. The molecular formula is C41H73O9P. The fraction of sp³-hybridized carbons (Fsp3) is 0.780. The van der Waals surface area contributed by atoms with Crippen LogP contribution in [0.1, 0.15) is 187 Å². The van der Waals surface area contributed by atoms with Crippen LogP contribution in [0.3, 0.4) is 0 Å². The van der Waals surface area contributed by atoms with Gasteiger partial charge in [0.05, 0.1) is 6.61 Å². The lowest BCUT2D eigenvalue weighted by atomic mass is 10.1. The number of unbranched alkanes of at least 4 members (excludes halogenated alkanes) is 20. The third-order valence-electron chi connectivity index (χ3n) is 8.61. The number of phosphoric ester groups is 1. The molecule has 0 aromatic carbocycles. The van der Waals surface area contributed by atoms with E-state index in [1.807, 2.05) is 12.2 Å². The van der Waals surface area contributed by atoms with Gasteiger partial charge in [0.25, 0.3) is 0 Å². The zero-order valence-corrected chi connectivity index (χ0v) is 33.1. The Morgan fingerprint density at radius 3 is 1.55 bits per heavy atom. The third-order valence-corrected chi connectivity index (χ3v) is 9.09. The Balaban J connectivity index is 4.00. The molecule has 0 aliphatic rings. The third kappa shape index (κ3) is 39.0. The fourth-order valence-electron chi connectivity index (χ4n) is 5.52. The van der Waals surface area contributed by atoms with E-state index in [2.05, 4.69) is 36.6 Å². The molecule has 0 spiro atoms. The van der Waals surface area contributed by atoms with E-state index in [4.69, 9.17) is 19.3 Å². The van der Waals surface area contributed by atoms with Gasteiger partial charge < -0.3 is 19.3 Å². The largest absolute Gasteiger partial charge is 0.469 e. The van der Waals surface area contributed by atoms with Gasteiger partial charge >= 0.3 is 19.8 Å². The maximum absolute atomic E-state index is 12.4. The van der Waals surface area contributed by atoms with E-state index in [1.54, 1.807) is 6.08 Å². The quantitative estimate of drug-likeness (QED) is 0.0159. The van der Waals surface area contributed by atoms with Crippen molar-refractivity contribution in [3.8, 4) is 0 Å². The summed E-state index contributed by atoms with van der Waals surface area (Å²) in [5.41, 5.74) is 0. The molecule has 51 heavy (non-hydrogen) atoms. The van der Waals surface area contributed by atoms with Gasteiger partial charge in [-0.2, -0.15) is 0 Å². The molecule has 0 bridgehead atoms. The first-order chi connectivity index (χ1) is 24.7. The second-order valence-electron chi connectivity index (χ2n) is 13.6. The Bertz CT molecular complexity index is 986. The second-order valence-corrected chi connectivity index (χ2v) is 14.9. The molecule has 296 valence electrons. The molecule has 0 saturated carbocycles. The topological polar surface area (TPSA) is 136 Å². The van der Waals surface area contributed by atoms with Crippen LogP contribution in [0.5, 0.6) is 0 Å². The molecule has 10 heteroatoms. The van der Waals surface area contributed by atoms with Crippen molar-refractivity contribution in [3.05, 3.63) is 36.5 Å². The van der Waals surface area contributed by atoms with Gasteiger partial charge in [0.1, 0.15) is 6.61 Å². The van der Waals surface area contributed by atoms with Crippen LogP contribution in [0.4, 0.5) is 0 Å². The van der Waals surface area contributed by atoms with Crippen molar-refractivity contribution >= 4 is 25.5 Å². The number of allylic oxidation sites excluding steroid dienone is 6. The van der Waals surface area contributed by atoms with Crippen LogP contribution in [0.15, 0.2) is 36.5 Å². The van der Waals surface area contributed by atoms with Crippen LogP contribution in [-0.2, 0) is 32.9 Å². The predicted octanol–water partition coefficient (Wildman–Crippen LogP) is 11.4. The number of ether oxygens (including phenoxy) is 2. The zero-order chi connectivity index (χ0) is 37.7. The molecule has 1 atom stereocenters. The van der Waals surface area contributed by atoms with Gasteiger partial charge in [0.2, 0.25) is 0 Å². The van der Waals surface area contributed by atoms with Crippen LogP contribution >= 0.6 is 7.82 Å². The van der Waals surface area contributed by atoms with E-state index < -0.39 is 32.5 Å². The minimum atomic E-state index is -4.77. The second kappa shape index (κ2) is 36.3. The number of hydrogen-bond donors (Lipinski definition) is 2. The van der Waals surface area contributed by atoms with Crippen molar-refractivity contribution < 1.29 is 42.7 Å². The molecule has 0 amide bonds. The molecule has 0 saturated heterocycles. The van der Waals surface area contributed by atoms with Gasteiger partial charge in [-0.15, -0.1) is 0 Å².